The first kappa shape index (κ1) is 15.0. The second-order valence-electron chi connectivity index (χ2n) is 5.96. The van der Waals surface area contributed by atoms with Gasteiger partial charge in [-0.1, -0.05) is 13.8 Å². The van der Waals surface area contributed by atoms with E-state index in [4.69, 9.17) is 4.74 Å². The molecule has 1 amide bonds. The van der Waals surface area contributed by atoms with E-state index in [1.165, 1.54) is 5.56 Å². The van der Waals surface area contributed by atoms with Gasteiger partial charge in [-0.15, -0.1) is 0 Å². The Labute approximate surface area is 120 Å². The van der Waals surface area contributed by atoms with Crippen molar-refractivity contribution in [1.29, 1.82) is 0 Å². The van der Waals surface area contributed by atoms with E-state index >= 15 is 0 Å². The number of rotatable bonds is 6. The van der Waals surface area contributed by atoms with Gasteiger partial charge in [-0.3, -0.25) is 9.78 Å². The van der Waals surface area contributed by atoms with Crippen LogP contribution < -0.4 is 5.32 Å². The van der Waals surface area contributed by atoms with Crippen LogP contribution >= 0.6 is 0 Å². The molecule has 0 saturated carbocycles. The van der Waals surface area contributed by atoms with Crippen molar-refractivity contribution in [3.8, 4) is 0 Å². The Hall–Kier alpha value is -1.42. The Morgan fingerprint density at radius 3 is 2.85 bits per heavy atom. The van der Waals surface area contributed by atoms with Crippen LogP contribution in [0.4, 0.5) is 0 Å². The molecule has 1 N–H and O–H groups in total. The van der Waals surface area contributed by atoms with Crippen molar-refractivity contribution in [3.05, 3.63) is 30.1 Å². The number of hydrogen-bond acceptors (Lipinski definition) is 3. The fourth-order valence-corrected chi connectivity index (χ4v) is 2.48. The summed E-state index contributed by atoms with van der Waals surface area (Å²) in [6.45, 7) is 5.62. The minimum atomic E-state index is 0.142. The van der Waals surface area contributed by atoms with Crippen LogP contribution in [-0.2, 0) is 16.0 Å². The smallest absolute Gasteiger partial charge is 0.220 e. The van der Waals surface area contributed by atoms with E-state index in [9.17, 15) is 4.79 Å². The van der Waals surface area contributed by atoms with Gasteiger partial charge in [-0.2, -0.15) is 0 Å². The Morgan fingerprint density at radius 1 is 1.40 bits per heavy atom. The van der Waals surface area contributed by atoms with Crippen LogP contribution in [-0.4, -0.2) is 30.1 Å². The van der Waals surface area contributed by atoms with Crippen LogP contribution in [0.15, 0.2) is 24.5 Å². The Morgan fingerprint density at radius 2 is 2.15 bits per heavy atom. The SMILES string of the molecule is CC(C)CCC(=O)N[C@@H]1COC[C@H]1Cc1ccncc1. The number of nitrogens with zero attached hydrogens (tertiary/aromatic N) is 1. The van der Waals surface area contributed by atoms with Gasteiger partial charge >= 0.3 is 0 Å². The molecule has 4 heteroatoms. The number of aromatic nitrogens is 1. The number of amides is 1. The molecule has 1 aliphatic rings. The molecule has 20 heavy (non-hydrogen) atoms. The molecule has 0 unspecified atom stereocenters. The number of carbonyl (C=O) groups excluding carboxylic acids is 1. The summed E-state index contributed by atoms with van der Waals surface area (Å²) < 4.78 is 5.54. The van der Waals surface area contributed by atoms with Crippen molar-refractivity contribution < 1.29 is 9.53 Å². The lowest BCUT2D eigenvalue weighted by Crippen LogP contribution is -2.40. The normalized spacial score (nSPS) is 22.1. The average molecular weight is 276 g/mol. The van der Waals surface area contributed by atoms with E-state index in [2.05, 4.69) is 24.1 Å². The van der Waals surface area contributed by atoms with Crippen molar-refractivity contribution in [3.63, 3.8) is 0 Å². The zero-order valence-electron chi connectivity index (χ0n) is 12.3. The van der Waals surface area contributed by atoms with Crippen LogP contribution in [0.5, 0.6) is 0 Å². The van der Waals surface area contributed by atoms with Crippen LogP contribution in [0.2, 0.25) is 0 Å². The molecule has 110 valence electrons. The molecular weight excluding hydrogens is 252 g/mol. The molecule has 2 rings (SSSR count). The minimum Gasteiger partial charge on any atom is -0.379 e. The fourth-order valence-electron chi connectivity index (χ4n) is 2.48. The average Bonchev–Trinajstić information content (AvgIpc) is 2.85. The van der Waals surface area contributed by atoms with Crippen molar-refractivity contribution in [2.75, 3.05) is 13.2 Å². The lowest BCUT2D eigenvalue weighted by atomic mass is 9.95. The molecule has 0 spiro atoms. The van der Waals surface area contributed by atoms with Gasteiger partial charge in [-0.25, -0.2) is 0 Å². The van der Waals surface area contributed by atoms with Gasteiger partial charge in [0.15, 0.2) is 0 Å². The van der Waals surface area contributed by atoms with Gasteiger partial charge < -0.3 is 10.1 Å². The number of carbonyl (C=O) groups is 1. The first-order valence-electron chi connectivity index (χ1n) is 7.41. The van der Waals surface area contributed by atoms with Crippen molar-refractivity contribution in [2.24, 2.45) is 11.8 Å². The van der Waals surface area contributed by atoms with E-state index in [1.807, 2.05) is 12.1 Å². The molecule has 2 atom stereocenters. The monoisotopic (exact) mass is 276 g/mol. The molecule has 2 heterocycles. The van der Waals surface area contributed by atoms with Gasteiger partial charge in [0, 0.05) is 24.7 Å². The molecule has 1 fully saturated rings. The van der Waals surface area contributed by atoms with Gasteiger partial charge in [0.05, 0.1) is 19.3 Å². The third-order valence-electron chi connectivity index (χ3n) is 3.74. The Balaban J connectivity index is 1.83. The summed E-state index contributed by atoms with van der Waals surface area (Å²) in [5.41, 5.74) is 1.25. The van der Waals surface area contributed by atoms with E-state index < -0.39 is 0 Å². The molecule has 1 aromatic heterocycles. The zero-order chi connectivity index (χ0) is 14.4. The summed E-state index contributed by atoms with van der Waals surface area (Å²) >= 11 is 0. The molecular formula is C16H24N2O2. The van der Waals surface area contributed by atoms with Gasteiger partial charge in [0.2, 0.25) is 5.91 Å². The summed E-state index contributed by atoms with van der Waals surface area (Å²) in [4.78, 5) is 16.0. The van der Waals surface area contributed by atoms with Crippen LogP contribution in [0.25, 0.3) is 0 Å². The van der Waals surface area contributed by atoms with Gasteiger partial charge in [0.1, 0.15) is 0 Å². The molecule has 1 aliphatic heterocycles. The first-order chi connectivity index (χ1) is 9.65. The molecule has 4 nitrogen and oxygen atoms in total. The van der Waals surface area contributed by atoms with E-state index in [0.29, 0.717) is 24.9 Å². The topological polar surface area (TPSA) is 51.2 Å². The summed E-state index contributed by atoms with van der Waals surface area (Å²) in [6, 6.07) is 4.19. The van der Waals surface area contributed by atoms with Gasteiger partial charge in [-0.05, 0) is 36.5 Å². The standard InChI is InChI=1S/C16H24N2O2/c1-12(2)3-4-16(19)18-15-11-20-10-14(15)9-13-5-7-17-8-6-13/h5-8,12,14-15H,3-4,9-11H2,1-2H3,(H,18,19)/t14-,15-/m1/s1. The third-order valence-corrected chi connectivity index (χ3v) is 3.74. The summed E-state index contributed by atoms with van der Waals surface area (Å²) in [5, 5.41) is 3.13. The number of nitrogens with one attached hydrogen (secondary N) is 1. The lowest BCUT2D eigenvalue weighted by molar-refractivity contribution is -0.122. The molecule has 0 bridgehead atoms. The second kappa shape index (κ2) is 7.39. The van der Waals surface area contributed by atoms with E-state index in [0.717, 1.165) is 19.4 Å². The Kier molecular flexibility index (Phi) is 5.53. The third kappa shape index (κ3) is 4.60. The van der Waals surface area contributed by atoms with Crippen molar-refractivity contribution in [2.45, 2.75) is 39.2 Å². The second-order valence-corrected chi connectivity index (χ2v) is 5.96. The maximum Gasteiger partial charge on any atom is 0.220 e. The van der Waals surface area contributed by atoms with E-state index in [1.54, 1.807) is 12.4 Å². The largest absolute Gasteiger partial charge is 0.379 e. The Bertz CT molecular complexity index is 420. The fraction of sp³-hybridized carbons (Fsp3) is 0.625. The van der Waals surface area contributed by atoms with Gasteiger partial charge in [0.25, 0.3) is 0 Å². The molecule has 0 radical (unpaired) electrons. The summed E-state index contributed by atoms with van der Waals surface area (Å²) in [5.74, 6) is 1.07. The predicted molar refractivity (Wildman–Crippen MR) is 78.3 cm³/mol. The van der Waals surface area contributed by atoms with Crippen LogP contribution in [0, 0.1) is 11.8 Å². The first-order valence-corrected chi connectivity index (χ1v) is 7.41. The molecule has 0 aliphatic carbocycles. The number of pyridine rings is 1. The highest BCUT2D eigenvalue weighted by molar-refractivity contribution is 5.76. The quantitative estimate of drug-likeness (QED) is 0.866. The maximum atomic E-state index is 11.9. The molecule has 0 aromatic carbocycles. The summed E-state index contributed by atoms with van der Waals surface area (Å²) in [6.07, 6.45) is 6.09. The van der Waals surface area contributed by atoms with E-state index in [-0.39, 0.29) is 11.9 Å². The number of hydrogen-bond donors (Lipinski definition) is 1. The highest BCUT2D eigenvalue weighted by atomic mass is 16.5. The lowest BCUT2D eigenvalue weighted by Gasteiger charge is -2.19. The zero-order valence-corrected chi connectivity index (χ0v) is 12.3. The predicted octanol–water partition coefficient (Wildman–Crippen LogP) is 2.19. The number of ether oxygens (including phenoxy) is 1. The maximum absolute atomic E-state index is 11.9. The summed E-state index contributed by atoms with van der Waals surface area (Å²) in [7, 11) is 0. The van der Waals surface area contributed by atoms with Crippen molar-refractivity contribution in [1.82, 2.24) is 10.3 Å². The highest BCUT2D eigenvalue weighted by Gasteiger charge is 2.29. The van der Waals surface area contributed by atoms with Crippen molar-refractivity contribution >= 4 is 5.91 Å². The minimum absolute atomic E-state index is 0.142. The van der Waals surface area contributed by atoms with Crippen LogP contribution in [0.1, 0.15) is 32.3 Å². The highest BCUT2D eigenvalue weighted by Crippen LogP contribution is 2.19. The molecule has 1 saturated heterocycles. The van der Waals surface area contributed by atoms with Crippen LogP contribution in [0.3, 0.4) is 0 Å². The molecule has 1 aromatic rings.